The molecule has 0 atom stereocenters. The summed E-state index contributed by atoms with van der Waals surface area (Å²) in [6.45, 7) is 3.11. The average Bonchev–Trinajstić information content (AvgIpc) is 3.20. The van der Waals surface area contributed by atoms with Gasteiger partial charge in [-0.3, -0.25) is 5.10 Å². The van der Waals surface area contributed by atoms with Crippen molar-refractivity contribution in [2.24, 2.45) is 0 Å². The van der Waals surface area contributed by atoms with Crippen LogP contribution in [0, 0.1) is 0 Å². The van der Waals surface area contributed by atoms with E-state index in [0.717, 1.165) is 53.0 Å². The van der Waals surface area contributed by atoms with Gasteiger partial charge in [0.05, 0.1) is 23.6 Å². The number of fused-ring (bicyclic) bond motifs is 2. The Bertz CT molecular complexity index is 952. The highest BCUT2D eigenvalue weighted by atomic mass is 15.3. The van der Waals surface area contributed by atoms with Gasteiger partial charge >= 0.3 is 0 Å². The molecule has 0 bridgehead atoms. The molecule has 0 aliphatic carbocycles. The molecule has 3 aromatic heterocycles. The molecule has 2 N–H and O–H groups in total. The van der Waals surface area contributed by atoms with Crippen LogP contribution in [0.4, 0.5) is 5.82 Å². The van der Waals surface area contributed by atoms with Gasteiger partial charge in [-0.25, -0.2) is 9.50 Å². The van der Waals surface area contributed by atoms with Gasteiger partial charge in [-0.05, 0) is 30.7 Å². The van der Waals surface area contributed by atoms with E-state index in [1.165, 1.54) is 0 Å². The number of hydrogen-bond acceptors (Lipinski definition) is 4. The van der Waals surface area contributed by atoms with Gasteiger partial charge in [-0.1, -0.05) is 19.4 Å². The molecule has 23 heavy (non-hydrogen) atoms. The number of imidazole rings is 1. The fourth-order valence-corrected chi connectivity index (χ4v) is 2.66. The molecular formula is C17H18N6. The SMILES string of the molecule is CCCCNc1ccc2ncc(-c3ccc4[nH]ncc4c3)n2n1. The highest BCUT2D eigenvalue weighted by molar-refractivity contribution is 5.83. The molecule has 0 saturated carbocycles. The maximum Gasteiger partial charge on any atom is 0.154 e. The van der Waals surface area contributed by atoms with Crippen molar-refractivity contribution in [1.82, 2.24) is 24.8 Å². The summed E-state index contributed by atoms with van der Waals surface area (Å²) in [5.74, 6) is 0.870. The van der Waals surface area contributed by atoms with Gasteiger partial charge < -0.3 is 5.32 Å². The van der Waals surface area contributed by atoms with E-state index in [-0.39, 0.29) is 0 Å². The molecule has 0 unspecified atom stereocenters. The third kappa shape index (κ3) is 2.52. The molecule has 4 rings (SSSR count). The van der Waals surface area contributed by atoms with Crippen LogP contribution in [-0.2, 0) is 0 Å². The van der Waals surface area contributed by atoms with Gasteiger partial charge in [0.25, 0.3) is 0 Å². The second-order valence-corrected chi connectivity index (χ2v) is 5.58. The largest absolute Gasteiger partial charge is 0.369 e. The minimum atomic E-state index is 0.841. The van der Waals surface area contributed by atoms with Crippen molar-refractivity contribution >= 4 is 22.4 Å². The lowest BCUT2D eigenvalue weighted by molar-refractivity contribution is 0.823. The minimum absolute atomic E-state index is 0.841. The molecule has 3 heterocycles. The van der Waals surface area contributed by atoms with Crippen LogP contribution in [0.2, 0.25) is 0 Å². The highest BCUT2D eigenvalue weighted by Gasteiger charge is 2.09. The van der Waals surface area contributed by atoms with Gasteiger partial charge in [0.2, 0.25) is 0 Å². The predicted molar refractivity (Wildman–Crippen MR) is 91.5 cm³/mol. The number of unbranched alkanes of at least 4 members (excludes halogenated alkanes) is 1. The molecule has 6 nitrogen and oxygen atoms in total. The summed E-state index contributed by atoms with van der Waals surface area (Å²) >= 11 is 0. The van der Waals surface area contributed by atoms with E-state index in [9.17, 15) is 0 Å². The summed E-state index contributed by atoms with van der Waals surface area (Å²) in [5.41, 5.74) is 3.91. The molecule has 0 saturated heterocycles. The van der Waals surface area contributed by atoms with E-state index >= 15 is 0 Å². The normalized spacial score (nSPS) is 11.3. The maximum atomic E-state index is 4.67. The molecule has 6 heteroatoms. The molecule has 0 aliphatic heterocycles. The Hall–Kier alpha value is -2.89. The van der Waals surface area contributed by atoms with Crippen LogP contribution >= 0.6 is 0 Å². The fourth-order valence-electron chi connectivity index (χ4n) is 2.66. The molecule has 1 aromatic carbocycles. The summed E-state index contributed by atoms with van der Waals surface area (Å²) < 4.78 is 1.88. The number of nitrogens with one attached hydrogen (secondary N) is 2. The first-order valence-electron chi connectivity index (χ1n) is 7.87. The standard InChI is InChI=1S/C17H18N6/c1-2-3-8-18-16-6-7-17-19-11-15(23(17)22-16)12-4-5-14-13(9-12)10-20-21-14/h4-7,9-11H,2-3,8H2,1H3,(H,18,22)(H,20,21). The summed E-state index contributed by atoms with van der Waals surface area (Å²) in [6.07, 6.45) is 5.98. The first kappa shape index (κ1) is 13.8. The van der Waals surface area contributed by atoms with E-state index in [4.69, 9.17) is 0 Å². The second-order valence-electron chi connectivity index (χ2n) is 5.58. The van der Waals surface area contributed by atoms with Crippen LogP contribution in [0.1, 0.15) is 19.8 Å². The second kappa shape index (κ2) is 5.72. The Kier molecular flexibility index (Phi) is 3.42. The zero-order chi connectivity index (χ0) is 15.6. The Morgan fingerprint density at radius 1 is 1.17 bits per heavy atom. The lowest BCUT2D eigenvalue weighted by Crippen LogP contribution is -2.05. The molecule has 0 aliphatic rings. The van der Waals surface area contributed by atoms with E-state index in [1.54, 1.807) is 0 Å². The number of aromatic amines is 1. The van der Waals surface area contributed by atoms with Crippen molar-refractivity contribution in [1.29, 1.82) is 0 Å². The number of benzene rings is 1. The average molecular weight is 306 g/mol. The van der Waals surface area contributed by atoms with Crippen molar-refractivity contribution < 1.29 is 0 Å². The topological polar surface area (TPSA) is 70.9 Å². The number of hydrogen-bond donors (Lipinski definition) is 2. The smallest absolute Gasteiger partial charge is 0.154 e. The monoisotopic (exact) mass is 306 g/mol. The number of anilines is 1. The fraction of sp³-hybridized carbons (Fsp3) is 0.235. The quantitative estimate of drug-likeness (QED) is 0.554. The predicted octanol–water partition coefficient (Wildman–Crippen LogP) is 3.48. The molecule has 0 radical (unpaired) electrons. The van der Waals surface area contributed by atoms with Crippen LogP contribution in [0.5, 0.6) is 0 Å². The lowest BCUT2D eigenvalue weighted by atomic mass is 10.1. The maximum absolute atomic E-state index is 4.67. The summed E-state index contributed by atoms with van der Waals surface area (Å²) in [4.78, 5) is 4.45. The molecule has 116 valence electrons. The van der Waals surface area contributed by atoms with Crippen LogP contribution in [0.3, 0.4) is 0 Å². The van der Waals surface area contributed by atoms with E-state index in [0.29, 0.717) is 0 Å². The van der Waals surface area contributed by atoms with Crippen molar-refractivity contribution in [2.45, 2.75) is 19.8 Å². The lowest BCUT2D eigenvalue weighted by Gasteiger charge is -2.06. The Morgan fingerprint density at radius 2 is 2.13 bits per heavy atom. The van der Waals surface area contributed by atoms with Gasteiger partial charge in [-0.2, -0.15) is 5.10 Å². The van der Waals surface area contributed by atoms with Gasteiger partial charge in [0, 0.05) is 17.5 Å². The van der Waals surface area contributed by atoms with E-state index in [2.05, 4.69) is 44.7 Å². The van der Waals surface area contributed by atoms with Crippen molar-refractivity contribution in [2.75, 3.05) is 11.9 Å². The Labute approximate surface area is 133 Å². The summed E-state index contributed by atoms with van der Waals surface area (Å²) in [5, 5.41) is 16.1. The summed E-state index contributed by atoms with van der Waals surface area (Å²) in [6, 6.07) is 10.1. The Balaban J connectivity index is 1.75. The zero-order valence-electron chi connectivity index (χ0n) is 13.0. The Morgan fingerprint density at radius 3 is 3.04 bits per heavy atom. The third-order valence-electron chi connectivity index (χ3n) is 3.93. The van der Waals surface area contributed by atoms with Crippen LogP contribution in [-0.4, -0.2) is 31.3 Å². The van der Waals surface area contributed by atoms with E-state index in [1.807, 2.05) is 35.1 Å². The number of rotatable bonds is 5. The zero-order valence-corrected chi connectivity index (χ0v) is 13.0. The molecule has 4 aromatic rings. The number of nitrogens with zero attached hydrogens (tertiary/aromatic N) is 4. The first-order valence-corrected chi connectivity index (χ1v) is 7.87. The number of aromatic nitrogens is 5. The van der Waals surface area contributed by atoms with Gasteiger partial charge in [0.15, 0.2) is 5.65 Å². The molecular weight excluding hydrogens is 288 g/mol. The molecule has 0 amide bonds. The molecule has 0 fully saturated rings. The van der Waals surface area contributed by atoms with Crippen molar-refractivity contribution in [3.05, 3.63) is 42.7 Å². The van der Waals surface area contributed by atoms with Gasteiger partial charge in [0.1, 0.15) is 5.82 Å². The van der Waals surface area contributed by atoms with Crippen molar-refractivity contribution in [3.63, 3.8) is 0 Å². The van der Waals surface area contributed by atoms with Crippen LogP contribution < -0.4 is 5.32 Å². The third-order valence-corrected chi connectivity index (χ3v) is 3.93. The van der Waals surface area contributed by atoms with Crippen molar-refractivity contribution in [3.8, 4) is 11.3 Å². The molecule has 0 spiro atoms. The summed E-state index contributed by atoms with van der Waals surface area (Å²) in [7, 11) is 0. The first-order chi connectivity index (χ1) is 11.3. The highest BCUT2D eigenvalue weighted by Crippen LogP contribution is 2.24. The van der Waals surface area contributed by atoms with Crippen LogP contribution in [0.25, 0.3) is 27.8 Å². The number of H-pyrrole nitrogens is 1. The minimum Gasteiger partial charge on any atom is -0.369 e. The van der Waals surface area contributed by atoms with Gasteiger partial charge in [-0.15, -0.1) is 5.10 Å². The van der Waals surface area contributed by atoms with E-state index < -0.39 is 0 Å². The van der Waals surface area contributed by atoms with Crippen LogP contribution in [0.15, 0.2) is 42.7 Å².